The van der Waals surface area contributed by atoms with E-state index < -0.39 is 0 Å². The third-order valence-electron chi connectivity index (χ3n) is 4.44. The molecule has 3 unspecified atom stereocenters. The van der Waals surface area contributed by atoms with Gasteiger partial charge in [-0.1, -0.05) is 27.2 Å². The van der Waals surface area contributed by atoms with Crippen LogP contribution < -0.4 is 5.32 Å². The molecular formula is C14H24N2O2. The van der Waals surface area contributed by atoms with Crippen LogP contribution in [0.3, 0.4) is 0 Å². The first-order chi connectivity index (χ1) is 8.36. The van der Waals surface area contributed by atoms with Gasteiger partial charge in [-0.15, -0.1) is 0 Å². The zero-order valence-electron chi connectivity index (χ0n) is 11.8. The molecule has 1 saturated heterocycles. The van der Waals surface area contributed by atoms with Crippen LogP contribution in [0.15, 0.2) is 0 Å². The van der Waals surface area contributed by atoms with E-state index in [0.717, 1.165) is 19.3 Å². The first kappa shape index (κ1) is 13.5. The predicted molar refractivity (Wildman–Crippen MR) is 69.9 cm³/mol. The van der Waals surface area contributed by atoms with Crippen molar-refractivity contribution < 1.29 is 9.59 Å². The van der Waals surface area contributed by atoms with Crippen molar-refractivity contribution in [3.63, 3.8) is 0 Å². The van der Waals surface area contributed by atoms with Gasteiger partial charge in [0.15, 0.2) is 0 Å². The van der Waals surface area contributed by atoms with Crippen molar-refractivity contribution in [3.05, 3.63) is 0 Å². The second kappa shape index (κ2) is 4.65. The second-order valence-corrected chi connectivity index (χ2v) is 6.64. The third kappa shape index (κ3) is 2.18. The topological polar surface area (TPSA) is 49.4 Å². The average Bonchev–Trinajstić information content (AvgIpc) is 2.82. The number of carbonyl (C=O) groups is 2. The number of hydrogen-bond donors (Lipinski definition) is 1. The minimum atomic E-state index is -0.0185. The van der Waals surface area contributed by atoms with Gasteiger partial charge in [-0.2, -0.15) is 0 Å². The van der Waals surface area contributed by atoms with Gasteiger partial charge in [-0.3, -0.25) is 14.5 Å². The minimum Gasteiger partial charge on any atom is -0.315 e. The quantitative estimate of drug-likeness (QED) is 0.773. The molecule has 4 heteroatoms. The molecule has 0 aromatic rings. The van der Waals surface area contributed by atoms with Gasteiger partial charge >= 0.3 is 0 Å². The summed E-state index contributed by atoms with van der Waals surface area (Å²) in [4.78, 5) is 26.0. The lowest BCUT2D eigenvalue weighted by Gasteiger charge is -2.33. The highest BCUT2D eigenvalue weighted by molar-refractivity contribution is 6.05. The molecule has 0 aromatic heterocycles. The number of rotatable bonds is 3. The summed E-state index contributed by atoms with van der Waals surface area (Å²) in [7, 11) is 1.89. The maximum Gasteiger partial charge on any atom is 0.233 e. The molecule has 3 atom stereocenters. The number of imide groups is 1. The van der Waals surface area contributed by atoms with Gasteiger partial charge in [-0.05, 0) is 25.3 Å². The molecule has 0 radical (unpaired) electrons. The summed E-state index contributed by atoms with van der Waals surface area (Å²) in [6.07, 6.45) is 2.81. The van der Waals surface area contributed by atoms with E-state index in [9.17, 15) is 9.59 Å². The zero-order chi connectivity index (χ0) is 13.5. The molecule has 0 bridgehead atoms. The number of carbonyl (C=O) groups excluding carboxylic acids is 2. The smallest absolute Gasteiger partial charge is 0.233 e. The van der Waals surface area contributed by atoms with Gasteiger partial charge in [0.05, 0.1) is 11.8 Å². The number of nitrogens with one attached hydrogen (secondary N) is 1. The van der Waals surface area contributed by atoms with E-state index >= 15 is 0 Å². The second-order valence-electron chi connectivity index (χ2n) is 6.64. The summed E-state index contributed by atoms with van der Waals surface area (Å²) in [5.41, 5.74) is 0.0347. The number of likely N-dealkylation sites (tertiary alicyclic amines) is 1. The Bertz CT molecular complexity index is 337. The Hall–Kier alpha value is -0.900. The largest absolute Gasteiger partial charge is 0.315 e. The van der Waals surface area contributed by atoms with Crippen LogP contribution in [0.2, 0.25) is 0 Å². The van der Waals surface area contributed by atoms with Crippen molar-refractivity contribution in [2.45, 2.75) is 46.1 Å². The first-order valence-corrected chi connectivity index (χ1v) is 6.88. The zero-order valence-corrected chi connectivity index (χ0v) is 11.8. The van der Waals surface area contributed by atoms with Gasteiger partial charge in [0.25, 0.3) is 0 Å². The summed E-state index contributed by atoms with van der Waals surface area (Å²) in [5, 5.41) is 3.23. The molecule has 2 rings (SSSR count). The Kier molecular flexibility index (Phi) is 3.49. The van der Waals surface area contributed by atoms with Crippen LogP contribution in [-0.4, -0.2) is 36.3 Å². The van der Waals surface area contributed by atoms with Gasteiger partial charge in [0, 0.05) is 12.6 Å². The predicted octanol–water partition coefficient (Wildman–Crippen LogP) is 1.41. The summed E-state index contributed by atoms with van der Waals surface area (Å²) in [5.74, 6) is 0.0870. The van der Waals surface area contributed by atoms with Crippen molar-refractivity contribution in [1.29, 1.82) is 0 Å². The summed E-state index contributed by atoms with van der Waals surface area (Å²) >= 11 is 0. The van der Waals surface area contributed by atoms with Crippen molar-refractivity contribution in [2.24, 2.45) is 17.3 Å². The first-order valence-electron chi connectivity index (χ1n) is 6.88. The molecule has 1 heterocycles. The van der Waals surface area contributed by atoms with Crippen LogP contribution >= 0.6 is 0 Å². The third-order valence-corrected chi connectivity index (χ3v) is 4.44. The Balaban J connectivity index is 2.10. The summed E-state index contributed by atoms with van der Waals surface area (Å²) in [6.45, 7) is 6.88. The fraction of sp³-hybridized carbons (Fsp3) is 0.857. The molecular weight excluding hydrogens is 228 g/mol. The van der Waals surface area contributed by atoms with Crippen molar-refractivity contribution >= 4 is 11.8 Å². The molecule has 2 amide bonds. The van der Waals surface area contributed by atoms with Crippen LogP contribution in [-0.2, 0) is 9.59 Å². The van der Waals surface area contributed by atoms with Crippen LogP contribution in [0.25, 0.3) is 0 Å². The van der Waals surface area contributed by atoms with Gasteiger partial charge in [0.1, 0.15) is 0 Å². The lowest BCUT2D eigenvalue weighted by atomic mass is 9.86. The fourth-order valence-corrected chi connectivity index (χ4v) is 3.22. The van der Waals surface area contributed by atoms with Crippen molar-refractivity contribution in [3.8, 4) is 0 Å². The van der Waals surface area contributed by atoms with Crippen molar-refractivity contribution in [2.75, 3.05) is 13.6 Å². The van der Waals surface area contributed by atoms with E-state index in [1.807, 2.05) is 7.05 Å². The van der Waals surface area contributed by atoms with E-state index in [-0.39, 0.29) is 35.1 Å². The van der Waals surface area contributed by atoms with Crippen LogP contribution in [0.4, 0.5) is 0 Å². The Morgan fingerprint density at radius 1 is 1.22 bits per heavy atom. The Morgan fingerprint density at radius 3 is 2.11 bits per heavy atom. The maximum absolute atomic E-state index is 12.3. The van der Waals surface area contributed by atoms with E-state index in [2.05, 4.69) is 26.1 Å². The minimum absolute atomic E-state index is 0.0185. The standard InChI is InChI=1S/C14H24N2O2/c1-14(2,3)11(15-4)8-16-12(17)9-6-5-7-10(9)13(16)18/h9-11,15H,5-8H2,1-4H3. The molecule has 0 aromatic carbocycles. The number of hydrogen-bond acceptors (Lipinski definition) is 3. The number of likely N-dealkylation sites (N-methyl/N-ethyl adjacent to an activating group) is 1. The monoisotopic (exact) mass is 252 g/mol. The van der Waals surface area contributed by atoms with E-state index in [4.69, 9.17) is 0 Å². The van der Waals surface area contributed by atoms with E-state index in [1.54, 1.807) is 0 Å². The molecule has 1 saturated carbocycles. The Morgan fingerprint density at radius 2 is 1.72 bits per heavy atom. The molecule has 102 valence electrons. The lowest BCUT2D eigenvalue weighted by molar-refractivity contribution is -0.141. The maximum atomic E-state index is 12.3. The number of fused-ring (bicyclic) bond motifs is 1. The highest BCUT2D eigenvalue weighted by Gasteiger charge is 2.50. The molecule has 18 heavy (non-hydrogen) atoms. The normalized spacial score (nSPS) is 29.9. The van der Waals surface area contributed by atoms with Crippen LogP contribution in [0.1, 0.15) is 40.0 Å². The average molecular weight is 252 g/mol. The summed E-state index contributed by atoms with van der Waals surface area (Å²) in [6, 6.07) is 0.143. The van der Waals surface area contributed by atoms with Crippen LogP contribution in [0, 0.1) is 17.3 Å². The van der Waals surface area contributed by atoms with Crippen molar-refractivity contribution in [1.82, 2.24) is 10.2 Å². The summed E-state index contributed by atoms with van der Waals surface area (Å²) < 4.78 is 0. The molecule has 4 nitrogen and oxygen atoms in total. The molecule has 2 aliphatic rings. The highest BCUT2D eigenvalue weighted by Crippen LogP contribution is 2.40. The molecule has 1 aliphatic heterocycles. The van der Waals surface area contributed by atoms with E-state index in [1.165, 1.54) is 4.90 Å². The number of nitrogens with zero attached hydrogens (tertiary/aromatic N) is 1. The molecule has 0 spiro atoms. The molecule has 2 fully saturated rings. The molecule has 1 aliphatic carbocycles. The highest BCUT2D eigenvalue weighted by atomic mass is 16.2. The SMILES string of the molecule is CNC(CN1C(=O)C2CCCC2C1=O)C(C)(C)C. The lowest BCUT2D eigenvalue weighted by Crippen LogP contribution is -2.49. The van der Waals surface area contributed by atoms with Crippen LogP contribution in [0.5, 0.6) is 0 Å². The van der Waals surface area contributed by atoms with Gasteiger partial charge in [0.2, 0.25) is 11.8 Å². The Labute approximate surface area is 109 Å². The number of amides is 2. The van der Waals surface area contributed by atoms with Gasteiger partial charge < -0.3 is 5.32 Å². The molecule has 1 N–H and O–H groups in total. The fourth-order valence-electron chi connectivity index (χ4n) is 3.22. The van der Waals surface area contributed by atoms with E-state index in [0.29, 0.717) is 6.54 Å². The van der Waals surface area contributed by atoms with Gasteiger partial charge in [-0.25, -0.2) is 0 Å².